The summed E-state index contributed by atoms with van der Waals surface area (Å²) in [5, 5.41) is 22.9. The van der Waals surface area contributed by atoms with Crippen molar-refractivity contribution >= 4 is 11.9 Å². The fourth-order valence-electron chi connectivity index (χ4n) is 4.34. The lowest BCUT2D eigenvalue weighted by atomic mass is 9.74. The Morgan fingerprint density at radius 3 is 1.33 bits per heavy atom. The van der Waals surface area contributed by atoms with E-state index in [0.717, 1.165) is 50.4 Å². The SMILES string of the molecule is CC(C)CCCCCCCC(CCCCCCCC(C)C)(CCCC(=O)[O-])C(=O)[O-]. The predicted molar refractivity (Wildman–Crippen MR) is 121 cm³/mol. The van der Waals surface area contributed by atoms with E-state index in [4.69, 9.17) is 0 Å². The zero-order valence-electron chi connectivity index (χ0n) is 20.3. The summed E-state index contributed by atoms with van der Waals surface area (Å²) in [5.41, 5.74) is -0.870. The van der Waals surface area contributed by atoms with Crippen molar-refractivity contribution in [3.8, 4) is 0 Å². The van der Waals surface area contributed by atoms with Crippen molar-refractivity contribution in [3.05, 3.63) is 0 Å². The van der Waals surface area contributed by atoms with E-state index in [1.807, 2.05) is 0 Å². The van der Waals surface area contributed by atoms with E-state index in [-0.39, 0.29) is 6.42 Å². The van der Waals surface area contributed by atoms with Gasteiger partial charge >= 0.3 is 0 Å². The monoisotopic (exact) mass is 424 g/mol. The summed E-state index contributed by atoms with van der Waals surface area (Å²) in [5.74, 6) is -0.604. The first kappa shape index (κ1) is 28.9. The number of rotatable bonds is 21. The van der Waals surface area contributed by atoms with Crippen molar-refractivity contribution < 1.29 is 19.8 Å². The molecule has 0 aromatic carbocycles. The molecule has 0 N–H and O–H groups in total. The largest absolute Gasteiger partial charge is 0.550 e. The maximum absolute atomic E-state index is 12.1. The van der Waals surface area contributed by atoms with E-state index >= 15 is 0 Å². The highest BCUT2D eigenvalue weighted by Crippen LogP contribution is 2.37. The molecule has 0 saturated carbocycles. The fraction of sp³-hybridized carbons (Fsp3) is 0.923. The van der Waals surface area contributed by atoms with Crippen LogP contribution in [0.3, 0.4) is 0 Å². The van der Waals surface area contributed by atoms with Crippen molar-refractivity contribution in [1.29, 1.82) is 0 Å². The lowest BCUT2D eigenvalue weighted by Crippen LogP contribution is -2.42. The molecule has 0 aliphatic heterocycles. The molecule has 0 saturated heterocycles. The quantitative estimate of drug-likeness (QED) is 0.231. The topological polar surface area (TPSA) is 80.3 Å². The normalized spacial score (nSPS) is 12.1. The van der Waals surface area contributed by atoms with Crippen molar-refractivity contribution in [3.63, 3.8) is 0 Å². The van der Waals surface area contributed by atoms with Gasteiger partial charge in [0.1, 0.15) is 0 Å². The number of carboxylic acid groups (broad SMARTS) is 2. The maximum atomic E-state index is 12.1. The van der Waals surface area contributed by atoms with Gasteiger partial charge < -0.3 is 19.8 Å². The number of hydrogen-bond acceptors (Lipinski definition) is 4. The van der Waals surface area contributed by atoms with Crippen LogP contribution in [-0.4, -0.2) is 11.9 Å². The van der Waals surface area contributed by atoms with Crippen molar-refractivity contribution in [2.24, 2.45) is 17.3 Å². The van der Waals surface area contributed by atoms with Crippen LogP contribution in [0.15, 0.2) is 0 Å². The van der Waals surface area contributed by atoms with Gasteiger partial charge in [0.2, 0.25) is 0 Å². The summed E-state index contributed by atoms with van der Waals surface area (Å²) < 4.78 is 0. The highest BCUT2D eigenvalue weighted by Gasteiger charge is 2.30. The van der Waals surface area contributed by atoms with Gasteiger partial charge in [0.25, 0.3) is 0 Å². The summed E-state index contributed by atoms with van der Waals surface area (Å²) in [6, 6.07) is 0. The van der Waals surface area contributed by atoms with Gasteiger partial charge in [0.05, 0.1) is 0 Å². The third-order valence-electron chi connectivity index (χ3n) is 6.34. The van der Waals surface area contributed by atoms with Crippen molar-refractivity contribution in [1.82, 2.24) is 0 Å². The van der Waals surface area contributed by atoms with Gasteiger partial charge in [-0.2, -0.15) is 0 Å². The third kappa shape index (κ3) is 15.7. The summed E-state index contributed by atoms with van der Waals surface area (Å²) >= 11 is 0. The van der Waals surface area contributed by atoms with E-state index in [1.54, 1.807) is 0 Å². The average molecular weight is 425 g/mol. The van der Waals surface area contributed by atoms with Gasteiger partial charge in [-0.3, -0.25) is 0 Å². The minimum atomic E-state index is -1.10. The molecule has 0 atom stereocenters. The second-order valence-corrected chi connectivity index (χ2v) is 10.2. The molecular weight excluding hydrogens is 376 g/mol. The van der Waals surface area contributed by atoms with E-state index < -0.39 is 17.4 Å². The Bertz CT molecular complexity index is 420. The number of unbranched alkanes of at least 4 members (excludes halogenated alkanes) is 8. The standard InChI is InChI=1S/C26H50O4/c1-22(2)16-11-7-5-9-13-19-26(25(29)30,21-15-18-24(27)28)20-14-10-6-8-12-17-23(3)4/h22-23H,5-21H2,1-4H3,(H,27,28)(H,29,30)/p-2. The first-order valence-electron chi connectivity index (χ1n) is 12.6. The summed E-state index contributed by atoms with van der Waals surface area (Å²) in [6.07, 6.45) is 15.5. The molecule has 0 fully saturated rings. The van der Waals surface area contributed by atoms with E-state index in [1.165, 1.54) is 38.5 Å². The molecule has 0 aromatic rings. The van der Waals surface area contributed by atoms with Crippen LogP contribution in [0.4, 0.5) is 0 Å². The molecule has 0 spiro atoms. The molecule has 30 heavy (non-hydrogen) atoms. The van der Waals surface area contributed by atoms with Crippen LogP contribution in [0.2, 0.25) is 0 Å². The minimum Gasteiger partial charge on any atom is -0.550 e. The van der Waals surface area contributed by atoms with Crippen LogP contribution in [0.5, 0.6) is 0 Å². The molecule has 0 bridgehead atoms. The Labute approximate surface area is 186 Å². The zero-order chi connectivity index (χ0) is 22.8. The Morgan fingerprint density at radius 1 is 0.600 bits per heavy atom. The van der Waals surface area contributed by atoms with Gasteiger partial charge in [0.15, 0.2) is 0 Å². The smallest absolute Gasteiger partial charge is 0.0476 e. The van der Waals surface area contributed by atoms with Crippen molar-refractivity contribution in [2.75, 3.05) is 0 Å². The summed E-state index contributed by atoms with van der Waals surface area (Å²) in [4.78, 5) is 22.9. The van der Waals surface area contributed by atoms with Gasteiger partial charge in [-0.25, -0.2) is 0 Å². The summed E-state index contributed by atoms with van der Waals surface area (Å²) in [7, 11) is 0. The molecule has 0 aliphatic rings. The van der Waals surface area contributed by atoms with Crippen LogP contribution in [0.1, 0.15) is 137 Å². The molecule has 0 rings (SSSR count). The maximum Gasteiger partial charge on any atom is 0.0476 e. The van der Waals surface area contributed by atoms with Gasteiger partial charge in [0, 0.05) is 17.4 Å². The lowest BCUT2D eigenvalue weighted by molar-refractivity contribution is -0.321. The number of carbonyl (C=O) groups excluding carboxylic acids is 2. The number of hydrogen-bond donors (Lipinski definition) is 0. The van der Waals surface area contributed by atoms with Crippen LogP contribution < -0.4 is 10.2 Å². The highest BCUT2D eigenvalue weighted by atomic mass is 16.4. The Morgan fingerprint density at radius 2 is 0.967 bits per heavy atom. The van der Waals surface area contributed by atoms with Crippen LogP contribution in [0, 0.1) is 17.3 Å². The molecule has 0 aromatic heterocycles. The number of aliphatic carboxylic acids is 2. The molecule has 0 aliphatic carbocycles. The number of carboxylic acids is 2. The van der Waals surface area contributed by atoms with Crippen LogP contribution in [-0.2, 0) is 9.59 Å². The predicted octanol–water partition coefficient (Wildman–Crippen LogP) is 5.42. The van der Waals surface area contributed by atoms with E-state index in [0.29, 0.717) is 25.7 Å². The third-order valence-corrected chi connectivity index (χ3v) is 6.34. The minimum absolute atomic E-state index is 0.0700. The Kier molecular flexibility index (Phi) is 17.0. The highest BCUT2D eigenvalue weighted by molar-refractivity contribution is 5.72. The van der Waals surface area contributed by atoms with E-state index in [9.17, 15) is 19.8 Å². The molecule has 0 amide bonds. The molecule has 0 unspecified atom stereocenters. The number of carbonyl (C=O) groups is 2. The second-order valence-electron chi connectivity index (χ2n) is 10.2. The summed E-state index contributed by atoms with van der Waals surface area (Å²) in [6.45, 7) is 8.97. The van der Waals surface area contributed by atoms with E-state index in [2.05, 4.69) is 27.7 Å². The molecule has 0 radical (unpaired) electrons. The van der Waals surface area contributed by atoms with Crippen LogP contribution in [0.25, 0.3) is 0 Å². The fourth-order valence-corrected chi connectivity index (χ4v) is 4.34. The first-order valence-corrected chi connectivity index (χ1v) is 12.6. The molecular formula is C26H48O4-2. The average Bonchev–Trinajstić information content (AvgIpc) is 2.64. The van der Waals surface area contributed by atoms with Gasteiger partial charge in [-0.05, 0) is 43.9 Å². The molecule has 0 heterocycles. The van der Waals surface area contributed by atoms with Crippen LogP contribution >= 0.6 is 0 Å². The lowest BCUT2D eigenvalue weighted by Gasteiger charge is -2.35. The Balaban J connectivity index is 4.47. The Hall–Kier alpha value is -1.06. The van der Waals surface area contributed by atoms with Gasteiger partial charge in [-0.15, -0.1) is 0 Å². The van der Waals surface area contributed by atoms with Crippen molar-refractivity contribution in [2.45, 2.75) is 137 Å². The zero-order valence-corrected chi connectivity index (χ0v) is 20.3. The first-order chi connectivity index (χ1) is 14.2. The second kappa shape index (κ2) is 17.6. The molecule has 178 valence electrons. The molecule has 4 heteroatoms. The molecule has 4 nitrogen and oxygen atoms in total. The van der Waals surface area contributed by atoms with Gasteiger partial charge in [-0.1, -0.05) is 105 Å².